The van der Waals surface area contributed by atoms with E-state index in [4.69, 9.17) is 4.74 Å². The second-order valence-corrected chi connectivity index (χ2v) is 9.67. The molecule has 0 radical (unpaired) electrons. The van der Waals surface area contributed by atoms with Gasteiger partial charge in [-0.05, 0) is 40.8 Å². The number of benzene rings is 4. The first-order chi connectivity index (χ1) is 16.0. The summed E-state index contributed by atoms with van der Waals surface area (Å²) in [6, 6.07) is 27.9. The van der Waals surface area contributed by atoms with Gasteiger partial charge in [0.2, 0.25) is 5.91 Å². The first kappa shape index (κ1) is 21.0. The Morgan fingerprint density at radius 1 is 0.848 bits per heavy atom. The third kappa shape index (κ3) is 4.15. The lowest BCUT2D eigenvalue weighted by molar-refractivity contribution is -0.119. The van der Waals surface area contributed by atoms with Crippen LogP contribution in [0.5, 0.6) is 5.75 Å². The van der Waals surface area contributed by atoms with Gasteiger partial charge in [0.1, 0.15) is 18.9 Å². The topological polar surface area (TPSA) is 75.7 Å². The van der Waals surface area contributed by atoms with Crippen molar-refractivity contribution in [3.8, 4) is 5.75 Å². The summed E-state index contributed by atoms with van der Waals surface area (Å²) in [5, 5.41) is 4.32. The molecule has 0 aliphatic carbocycles. The lowest BCUT2D eigenvalue weighted by atomic mass is 10.1. The predicted molar refractivity (Wildman–Crippen MR) is 128 cm³/mol. The maximum absolute atomic E-state index is 13.0. The predicted octanol–water partition coefficient (Wildman–Crippen LogP) is 4.24. The van der Waals surface area contributed by atoms with Crippen molar-refractivity contribution < 1.29 is 17.9 Å². The van der Waals surface area contributed by atoms with E-state index in [-0.39, 0.29) is 23.9 Å². The highest BCUT2D eigenvalue weighted by molar-refractivity contribution is 7.93. The van der Waals surface area contributed by atoms with Gasteiger partial charge in [0.05, 0.1) is 10.6 Å². The summed E-state index contributed by atoms with van der Waals surface area (Å²) in [4.78, 5) is 12.9. The van der Waals surface area contributed by atoms with Crippen LogP contribution in [0.4, 0.5) is 5.69 Å². The summed E-state index contributed by atoms with van der Waals surface area (Å²) in [5.41, 5.74) is 2.47. The summed E-state index contributed by atoms with van der Waals surface area (Å²) >= 11 is 0. The molecule has 0 spiro atoms. The van der Waals surface area contributed by atoms with Gasteiger partial charge in [-0.15, -0.1) is 0 Å². The van der Waals surface area contributed by atoms with Gasteiger partial charge < -0.3 is 10.1 Å². The molecular formula is C26H22N2O4S. The van der Waals surface area contributed by atoms with E-state index in [9.17, 15) is 13.2 Å². The third-order valence-corrected chi connectivity index (χ3v) is 7.41. The molecule has 4 aromatic carbocycles. The molecule has 0 atom stereocenters. The van der Waals surface area contributed by atoms with Crippen LogP contribution in [-0.4, -0.2) is 20.9 Å². The average Bonchev–Trinajstić information content (AvgIpc) is 3.05. The highest BCUT2D eigenvalue weighted by Gasteiger charge is 2.36. The highest BCUT2D eigenvalue weighted by atomic mass is 32.2. The van der Waals surface area contributed by atoms with Gasteiger partial charge in [0.15, 0.2) is 0 Å². The fourth-order valence-electron chi connectivity index (χ4n) is 4.00. The molecule has 1 aliphatic rings. The Kier molecular flexibility index (Phi) is 5.48. The average molecular weight is 459 g/mol. The summed E-state index contributed by atoms with van der Waals surface area (Å²) in [6.07, 6.45) is 0. The molecule has 0 fully saturated rings. The molecule has 7 heteroatoms. The first-order valence-corrected chi connectivity index (χ1v) is 12.0. The highest BCUT2D eigenvalue weighted by Crippen LogP contribution is 2.41. The maximum Gasteiger partial charge on any atom is 0.265 e. The number of anilines is 1. The Hall–Kier alpha value is -3.84. The SMILES string of the molecule is O=C(CN1c2cccc3cccc(c23)S1(=O)=O)NCc1cccc(OCc2ccccc2)c1. The first-order valence-electron chi connectivity index (χ1n) is 10.6. The molecule has 1 N–H and O–H groups in total. The van der Waals surface area contributed by atoms with Crippen molar-refractivity contribution in [1.82, 2.24) is 5.32 Å². The standard InChI is InChI=1S/C26H22N2O4S/c29-25(17-28-23-13-5-10-21-11-6-14-24(26(21)23)33(28,30)31)27-16-20-9-4-12-22(15-20)32-18-19-7-2-1-3-8-19/h1-15H,16-18H2,(H,27,29). The van der Waals surface area contributed by atoms with Crippen LogP contribution < -0.4 is 14.4 Å². The van der Waals surface area contributed by atoms with Crippen LogP contribution in [0.3, 0.4) is 0 Å². The number of hydrogen-bond acceptors (Lipinski definition) is 4. The molecule has 5 rings (SSSR count). The summed E-state index contributed by atoms with van der Waals surface area (Å²) in [6.45, 7) is 0.447. The molecular weight excluding hydrogens is 436 g/mol. The fourth-order valence-corrected chi connectivity index (χ4v) is 5.67. The molecule has 0 saturated heterocycles. The smallest absolute Gasteiger partial charge is 0.265 e. The van der Waals surface area contributed by atoms with Gasteiger partial charge in [-0.1, -0.05) is 66.7 Å². The third-order valence-electron chi connectivity index (χ3n) is 5.60. The minimum absolute atomic E-state index is 0.242. The molecule has 4 aromatic rings. The lowest BCUT2D eigenvalue weighted by Gasteiger charge is -2.18. The van der Waals surface area contributed by atoms with Crippen LogP contribution in [0.1, 0.15) is 11.1 Å². The van der Waals surface area contributed by atoms with Crippen LogP contribution in [0.15, 0.2) is 95.9 Å². The molecule has 0 saturated carbocycles. The van der Waals surface area contributed by atoms with Crippen molar-refractivity contribution in [2.45, 2.75) is 18.0 Å². The normalized spacial score (nSPS) is 13.8. The Morgan fingerprint density at radius 2 is 1.58 bits per heavy atom. The van der Waals surface area contributed by atoms with Crippen molar-refractivity contribution in [3.63, 3.8) is 0 Å². The van der Waals surface area contributed by atoms with Gasteiger partial charge in [-0.3, -0.25) is 9.10 Å². The Morgan fingerprint density at radius 3 is 2.39 bits per heavy atom. The van der Waals surface area contributed by atoms with Crippen molar-refractivity contribution in [3.05, 3.63) is 102 Å². The number of amides is 1. The molecule has 1 heterocycles. The second kappa shape index (κ2) is 8.60. The van der Waals surface area contributed by atoms with E-state index in [1.807, 2.05) is 66.7 Å². The zero-order valence-corrected chi connectivity index (χ0v) is 18.6. The molecule has 0 unspecified atom stereocenters. The fraction of sp³-hybridized carbons (Fsp3) is 0.115. The quantitative estimate of drug-likeness (QED) is 0.449. The molecule has 1 amide bonds. The van der Waals surface area contributed by atoms with Crippen molar-refractivity contribution in [2.24, 2.45) is 0 Å². The molecule has 6 nitrogen and oxygen atoms in total. The van der Waals surface area contributed by atoms with Gasteiger partial charge in [0, 0.05) is 11.9 Å². The van der Waals surface area contributed by atoms with Crippen molar-refractivity contribution in [2.75, 3.05) is 10.8 Å². The number of hydrogen-bond donors (Lipinski definition) is 1. The van der Waals surface area contributed by atoms with E-state index < -0.39 is 10.0 Å². The summed E-state index contributed by atoms with van der Waals surface area (Å²) in [7, 11) is -3.76. The zero-order valence-electron chi connectivity index (χ0n) is 17.8. The van der Waals surface area contributed by atoms with Gasteiger partial charge >= 0.3 is 0 Å². The van der Waals surface area contributed by atoms with Crippen molar-refractivity contribution >= 4 is 32.4 Å². The molecule has 33 heavy (non-hydrogen) atoms. The van der Waals surface area contributed by atoms with Crippen LogP contribution in [0.25, 0.3) is 10.8 Å². The van der Waals surface area contributed by atoms with Gasteiger partial charge in [-0.2, -0.15) is 0 Å². The van der Waals surface area contributed by atoms with Crippen LogP contribution in [0.2, 0.25) is 0 Å². The van der Waals surface area contributed by atoms with E-state index >= 15 is 0 Å². The van der Waals surface area contributed by atoms with E-state index in [2.05, 4.69) is 5.32 Å². The summed E-state index contributed by atoms with van der Waals surface area (Å²) < 4.78 is 33.1. The summed E-state index contributed by atoms with van der Waals surface area (Å²) in [5.74, 6) is 0.328. The monoisotopic (exact) mass is 458 g/mol. The van der Waals surface area contributed by atoms with E-state index in [0.717, 1.165) is 16.5 Å². The van der Waals surface area contributed by atoms with E-state index in [1.54, 1.807) is 24.3 Å². The number of rotatable bonds is 7. The number of carbonyl (C=O) groups is 1. The largest absolute Gasteiger partial charge is 0.489 e. The second-order valence-electron chi connectivity index (χ2n) is 7.84. The minimum atomic E-state index is -3.76. The van der Waals surface area contributed by atoms with E-state index in [1.165, 1.54) is 4.31 Å². The van der Waals surface area contributed by atoms with Gasteiger partial charge in [0.25, 0.3) is 10.0 Å². The molecule has 166 valence electrons. The Balaban J connectivity index is 1.24. The molecule has 0 bridgehead atoms. The molecule has 1 aliphatic heterocycles. The van der Waals surface area contributed by atoms with Crippen LogP contribution in [-0.2, 0) is 28.0 Å². The number of sulfonamides is 1. The number of carbonyl (C=O) groups excluding carboxylic acids is 1. The van der Waals surface area contributed by atoms with Crippen LogP contribution >= 0.6 is 0 Å². The van der Waals surface area contributed by atoms with Crippen LogP contribution in [0, 0.1) is 0 Å². The maximum atomic E-state index is 13.0. The zero-order chi connectivity index (χ0) is 22.8. The van der Waals surface area contributed by atoms with Crippen molar-refractivity contribution in [1.29, 1.82) is 0 Å². The number of nitrogens with one attached hydrogen (secondary N) is 1. The number of ether oxygens (including phenoxy) is 1. The number of nitrogens with zero attached hydrogens (tertiary/aromatic N) is 1. The Bertz CT molecular complexity index is 1430. The minimum Gasteiger partial charge on any atom is -0.489 e. The van der Waals surface area contributed by atoms with Gasteiger partial charge in [-0.25, -0.2) is 8.42 Å². The Labute approximate surface area is 192 Å². The van der Waals surface area contributed by atoms with E-state index in [0.29, 0.717) is 23.4 Å². The molecule has 0 aromatic heterocycles. The lowest BCUT2D eigenvalue weighted by Crippen LogP contribution is -2.38.